The summed E-state index contributed by atoms with van der Waals surface area (Å²) in [6.45, 7) is 40.1. The van der Waals surface area contributed by atoms with Crippen LogP contribution in [0.25, 0.3) is 88.2 Å². The Kier molecular flexibility index (Phi) is 24.6. The molecule has 0 saturated carbocycles. The van der Waals surface area contributed by atoms with Crippen LogP contribution < -0.4 is 53.3 Å². The fourth-order valence-corrected chi connectivity index (χ4v) is 17.2. The summed E-state index contributed by atoms with van der Waals surface area (Å²) < 4.78 is 22.1. The first kappa shape index (κ1) is 87.1. The maximum Gasteiger partial charge on any atom is 0.282 e. The van der Waals surface area contributed by atoms with Gasteiger partial charge in [-0.3, -0.25) is 66.5 Å². The number of anilines is 6. The molecule has 5 N–H and O–H groups in total. The van der Waals surface area contributed by atoms with Crippen molar-refractivity contribution in [1.29, 1.82) is 0 Å². The number of carbonyl (C=O) groups excluding carboxylic acids is 5. The van der Waals surface area contributed by atoms with Crippen molar-refractivity contribution in [2.45, 2.75) is 62.3 Å². The van der Waals surface area contributed by atoms with E-state index in [-0.39, 0.29) is 63.1 Å². The number of benzene rings is 4. The highest BCUT2D eigenvalue weighted by molar-refractivity contribution is 5.98. The molecular weight excluding hydrogens is 1630 g/mol. The first-order valence-electron chi connectivity index (χ1n) is 41.5. The number of aromatic nitrogens is 16. The number of amides is 4. The molecule has 4 aromatic carbocycles. The standard InChI is InChI=1S/C25H25N7O3.C23H23N7O2.C23H26N6O2.C21H21FN6O2/c1-5-21(34)29-8-10-30(11-9-29)24-18-12-16(3)31(25(35)22(18)26-14-27-24)23-15(2)6-7-20-19(23)13-28-32(20)17(4)33;1-4-19(31)28-7-9-29(10-8-28)22-16-11-15(3)30(23(32)20(16)24-13-25-22)21-14(2)5-6-18-17(21)12-26-27-18;1-5-19(30)27-8-10-28(11-9-27)22-17-12-15(3)29(23(31)20(17)25-13-26-22)21-14(2)6-7-18(24)16(21)4;1-3-17(29)26-7-9-27(10-8-26)20-14-11-13(2)28(21(30)18(14)24-12-25-20)19-15(22)5-4-6-16(19)23/h5-7,12-14H,1,8-11H2,2-4H3;4-6,11-13H,1,7-10H2,2-3H3,(H,26,27);5-7,12-13H,1,8-11,24H2,2-4H3;3-6,11-12H,1,7-10,23H2,2H3. The van der Waals surface area contributed by atoms with Crippen molar-refractivity contribution in [2.75, 3.05) is 136 Å². The van der Waals surface area contributed by atoms with Crippen molar-refractivity contribution >= 4 is 130 Å². The van der Waals surface area contributed by atoms with Gasteiger partial charge in [0.1, 0.15) is 82.2 Å². The van der Waals surface area contributed by atoms with Crippen LogP contribution in [0.2, 0.25) is 0 Å². The molecule has 10 aromatic heterocycles. The Morgan fingerprint density at radius 3 is 1.06 bits per heavy atom. The summed E-state index contributed by atoms with van der Waals surface area (Å²) in [6, 6.07) is 23.3. The number of nitrogens with two attached hydrogens (primary N) is 2. The molecule has 654 valence electrons. The number of nitrogens with one attached hydrogen (secondary N) is 1. The van der Waals surface area contributed by atoms with Gasteiger partial charge in [0.2, 0.25) is 29.5 Å². The van der Waals surface area contributed by atoms with Crippen LogP contribution in [0.4, 0.5) is 39.0 Å². The third kappa shape index (κ3) is 16.3. The molecule has 4 aliphatic heterocycles. The molecule has 14 heterocycles. The monoisotopic (exact) mass is 1730 g/mol. The SMILES string of the molecule is C=CC(=O)N1CCN(c2ncnc3c(=O)n(-c4c(C)ccc(N)c4C)c(C)cc23)CC1.C=CC(=O)N1CCN(c2ncnc3c(=O)n(-c4c(C)ccc5[nH]ncc45)c(C)cc23)CC1.C=CC(=O)N1CCN(c2ncnc3c(=O)n(-c4c(C)ccc5c4cnn5C(C)=O)c(C)cc23)CC1.C=CC(=O)N1CCN(c2ncnc3c(=O)n(-c4c(N)cccc4F)c(C)cc23)CC1. The molecule has 4 aliphatic rings. The Balaban J connectivity index is 0.000000131. The Hall–Kier alpha value is -15.8. The molecule has 36 heteroatoms. The zero-order chi connectivity index (χ0) is 91.0. The lowest BCUT2D eigenvalue weighted by Crippen LogP contribution is -2.48. The van der Waals surface area contributed by atoms with Gasteiger partial charge in [-0.25, -0.2) is 48.9 Å². The van der Waals surface area contributed by atoms with Crippen LogP contribution in [0.1, 0.15) is 56.7 Å². The van der Waals surface area contributed by atoms with Crippen LogP contribution in [-0.4, -0.2) is 232 Å². The van der Waals surface area contributed by atoms with Gasteiger partial charge in [-0.15, -0.1) is 0 Å². The second-order valence-corrected chi connectivity index (χ2v) is 31.5. The number of nitrogen functional groups attached to an aromatic ring is 2. The van der Waals surface area contributed by atoms with Gasteiger partial charge in [0, 0.05) is 151 Å². The number of para-hydroxylation sites is 1. The van der Waals surface area contributed by atoms with E-state index in [1.807, 2.05) is 108 Å². The predicted octanol–water partition coefficient (Wildman–Crippen LogP) is 8.12. The van der Waals surface area contributed by atoms with Crippen LogP contribution in [0, 0.1) is 61.2 Å². The smallest absolute Gasteiger partial charge is 0.282 e. The van der Waals surface area contributed by atoms with Gasteiger partial charge in [-0.05, 0) is 157 Å². The molecular formula is C92H95FN26O9. The van der Waals surface area contributed by atoms with Crippen molar-refractivity contribution in [1.82, 2.24) is 97.7 Å². The Morgan fingerprint density at radius 2 is 0.711 bits per heavy atom. The number of halogens is 1. The van der Waals surface area contributed by atoms with Gasteiger partial charge in [-0.2, -0.15) is 10.2 Å². The van der Waals surface area contributed by atoms with E-state index in [4.69, 9.17) is 11.5 Å². The van der Waals surface area contributed by atoms with Crippen LogP contribution in [0.15, 0.2) is 186 Å². The minimum atomic E-state index is -0.586. The van der Waals surface area contributed by atoms with Gasteiger partial charge in [0.05, 0.1) is 67.7 Å². The molecule has 0 spiro atoms. The number of aryl methyl sites for hydroxylation is 7. The molecule has 18 rings (SSSR count). The van der Waals surface area contributed by atoms with E-state index in [0.29, 0.717) is 200 Å². The fraction of sp³-hybridized carbons (Fsp3) is 0.272. The van der Waals surface area contributed by atoms with E-state index >= 15 is 0 Å². The van der Waals surface area contributed by atoms with Crippen LogP contribution in [0.5, 0.6) is 0 Å². The molecule has 4 amide bonds. The maximum absolute atomic E-state index is 14.5. The predicted molar refractivity (Wildman–Crippen MR) is 492 cm³/mol. The number of rotatable bonds is 12. The zero-order valence-electron chi connectivity index (χ0n) is 72.4. The van der Waals surface area contributed by atoms with Crippen LogP contribution >= 0.6 is 0 Å². The molecule has 4 saturated heterocycles. The lowest BCUT2D eigenvalue weighted by atomic mass is 10.1. The molecule has 0 unspecified atom stereocenters. The second kappa shape index (κ2) is 36.2. The number of fused-ring (bicyclic) bond motifs is 6. The number of H-pyrrole nitrogens is 1. The van der Waals surface area contributed by atoms with Crippen molar-refractivity contribution in [3.63, 3.8) is 0 Å². The molecule has 128 heavy (non-hydrogen) atoms. The van der Waals surface area contributed by atoms with Crippen molar-refractivity contribution < 1.29 is 28.4 Å². The second-order valence-electron chi connectivity index (χ2n) is 31.5. The lowest BCUT2D eigenvalue weighted by molar-refractivity contribution is -0.127. The summed E-state index contributed by atoms with van der Waals surface area (Å²) in [4.78, 5) is 164. The number of aromatic amines is 1. The first-order chi connectivity index (χ1) is 61.5. The Bertz CT molecular complexity index is 7140. The minimum absolute atomic E-state index is 0.0126. The van der Waals surface area contributed by atoms with Gasteiger partial charge in [0.15, 0.2) is 0 Å². The van der Waals surface area contributed by atoms with E-state index < -0.39 is 11.4 Å². The first-order valence-corrected chi connectivity index (χ1v) is 41.5. The molecule has 14 aromatic rings. The number of hydrogen-bond acceptors (Lipinski definition) is 25. The van der Waals surface area contributed by atoms with Gasteiger partial charge in [-0.1, -0.05) is 50.6 Å². The highest BCUT2D eigenvalue weighted by Crippen LogP contribution is 2.35. The third-order valence-electron chi connectivity index (χ3n) is 23.8. The summed E-state index contributed by atoms with van der Waals surface area (Å²) in [5, 5.41) is 15.6. The van der Waals surface area contributed by atoms with Gasteiger partial charge in [0.25, 0.3) is 22.2 Å². The topological polar surface area (TPSA) is 401 Å². The average molecular weight is 1730 g/mol. The van der Waals surface area contributed by atoms with E-state index in [9.17, 15) is 47.5 Å². The Morgan fingerprint density at radius 1 is 0.383 bits per heavy atom. The van der Waals surface area contributed by atoms with E-state index in [0.717, 1.165) is 55.9 Å². The summed E-state index contributed by atoms with van der Waals surface area (Å²) in [7, 11) is 0. The maximum atomic E-state index is 14.5. The minimum Gasteiger partial charge on any atom is -0.398 e. The largest absolute Gasteiger partial charge is 0.398 e. The third-order valence-corrected chi connectivity index (χ3v) is 23.8. The lowest BCUT2D eigenvalue weighted by Gasteiger charge is -2.35. The average Bonchev–Trinajstić information content (AvgIpc) is 1.33. The molecule has 35 nitrogen and oxygen atoms in total. The molecule has 0 aliphatic carbocycles. The highest BCUT2D eigenvalue weighted by atomic mass is 19.1. The van der Waals surface area contributed by atoms with Crippen LogP contribution in [0.3, 0.4) is 0 Å². The summed E-state index contributed by atoms with van der Waals surface area (Å²) >= 11 is 0. The van der Waals surface area contributed by atoms with E-state index in [1.165, 1.54) is 77.9 Å². The number of nitrogens with zero attached hydrogens (tertiary/aromatic N) is 23. The Labute approximate surface area is 732 Å². The molecule has 4 fully saturated rings. The summed E-state index contributed by atoms with van der Waals surface area (Å²) in [5.41, 5.74) is 23.2. The summed E-state index contributed by atoms with van der Waals surface area (Å²) in [6.07, 6.45) is 14.2. The van der Waals surface area contributed by atoms with E-state index in [2.05, 4.69) is 96.2 Å². The van der Waals surface area contributed by atoms with Crippen LogP contribution in [-0.2, 0) is 19.2 Å². The number of hydrogen-bond donors (Lipinski definition) is 3. The summed E-state index contributed by atoms with van der Waals surface area (Å²) in [5.74, 6) is 1.58. The number of carbonyl (C=O) groups is 5. The van der Waals surface area contributed by atoms with E-state index in [1.54, 1.807) is 64.8 Å². The number of piperazine rings is 4. The van der Waals surface area contributed by atoms with Crippen molar-refractivity contribution in [2.24, 2.45) is 0 Å². The number of pyridine rings is 4. The molecule has 0 bridgehead atoms. The molecule has 0 atom stereocenters. The van der Waals surface area contributed by atoms with Crippen molar-refractivity contribution in [3.8, 4) is 22.7 Å². The van der Waals surface area contributed by atoms with Crippen molar-refractivity contribution in [3.05, 3.63) is 259 Å². The highest BCUT2D eigenvalue weighted by Gasteiger charge is 2.31. The molecule has 0 radical (unpaired) electrons. The zero-order valence-corrected chi connectivity index (χ0v) is 72.4. The quantitative estimate of drug-likeness (QED) is 0.0767. The van der Waals surface area contributed by atoms with Gasteiger partial charge >= 0.3 is 0 Å². The van der Waals surface area contributed by atoms with Gasteiger partial charge < -0.3 is 50.7 Å². The fourth-order valence-electron chi connectivity index (χ4n) is 17.2. The normalized spacial score (nSPS) is 14.2.